The Hall–Kier alpha value is -2.64. The second-order valence-corrected chi connectivity index (χ2v) is 8.04. The molecule has 1 saturated carbocycles. The first-order valence-electron chi connectivity index (χ1n) is 8.62. The van der Waals surface area contributed by atoms with Gasteiger partial charge in [0.2, 0.25) is 0 Å². The van der Waals surface area contributed by atoms with Gasteiger partial charge in [-0.1, -0.05) is 42.8 Å². The van der Waals surface area contributed by atoms with Crippen LogP contribution >= 0.6 is 0 Å². The van der Waals surface area contributed by atoms with E-state index in [0.717, 1.165) is 16.0 Å². The van der Waals surface area contributed by atoms with E-state index in [4.69, 9.17) is 0 Å². The van der Waals surface area contributed by atoms with E-state index >= 15 is 0 Å². The smallest absolute Gasteiger partial charge is 0.123 e. The van der Waals surface area contributed by atoms with Crippen LogP contribution in [0.3, 0.4) is 0 Å². The Labute approximate surface area is 162 Å². The van der Waals surface area contributed by atoms with Gasteiger partial charge in [-0.15, -0.1) is 0 Å². The van der Waals surface area contributed by atoms with Crippen molar-refractivity contribution in [3.63, 3.8) is 0 Å². The fraction of sp³-hybridized carbons (Fsp3) is 0.217. The Morgan fingerprint density at radius 2 is 1.44 bits per heavy atom. The van der Waals surface area contributed by atoms with E-state index in [-0.39, 0.29) is 11.2 Å². The van der Waals surface area contributed by atoms with E-state index in [9.17, 15) is 8.60 Å². The molecule has 0 aliphatic heterocycles. The number of rotatable bonds is 3. The highest BCUT2D eigenvalue weighted by atomic mass is 32.2. The lowest BCUT2D eigenvalue weighted by Crippen LogP contribution is -1.91. The van der Waals surface area contributed by atoms with Crippen molar-refractivity contribution in [2.75, 3.05) is 13.4 Å². The lowest BCUT2D eigenvalue weighted by molar-refractivity contribution is 0.373. The van der Waals surface area contributed by atoms with Crippen LogP contribution in [0.1, 0.15) is 24.0 Å². The van der Waals surface area contributed by atoms with Crippen molar-refractivity contribution >= 4 is 21.9 Å². The van der Waals surface area contributed by atoms with Gasteiger partial charge < -0.3 is 4.74 Å². The van der Waals surface area contributed by atoms with Gasteiger partial charge in [0.1, 0.15) is 11.9 Å². The molecular formula is C23H21FO2S. The Bertz CT molecular complexity index is 943. The fourth-order valence-corrected chi connectivity index (χ4v) is 3.66. The molecule has 0 heterocycles. The zero-order valence-corrected chi connectivity index (χ0v) is 16.2. The SMILES string of the molecule is C#COC.CS(=O)c1ccc(C2=CC3(C=C2c2ccc(F)cc2)CC3)cc1. The maximum Gasteiger partial charge on any atom is 0.123 e. The van der Waals surface area contributed by atoms with Gasteiger partial charge in [-0.25, -0.2) is 4.39 Å². The zero-order valence-electron chi connectivity index (χ0n) is 15.4. The normalized spacial score (nSPS) is 17.1. The van der Waals surface area contributed by atoms with Crippen molar-refractivity contribution in [3.8, 4) is 12.5 Å². The summed E-state index contributed by atoms with van der Waals surface area (Å²) in [5, 5.41) is 0. The molecule has 4 heteroatoms. The molecule has 1 atom stereocenters. The summed E-state index contributed by atoms with van der Waals surface area (Å²) < 4.78 is 28.8. The van der Waals surface area contributed by atoms with Gasteiger partial charge in [-0.3, -0.25) is 4.21 Å². The molecule has 2 aliphatic carbocycles. The number of benzene rings is 2. The molecule has 0 radical (unpaired) electrons. The minimum atomic E-state index is -0.965. The van der Waals surface area contributed by atoms with Crippen LogP contribution in [0.4, 0.5) is 4.39 Å². The standard InChI is InChI=1S/C20H17FOS.C3H4O/c1-23(22)17-8-4-15(5-9-17)19-13-20(10-11-20)12-18(19)14-2-6-16(21)7-3-14;1-3-4-2/h2-9,12-13H,10-11H2,1H3;1H,2H3. The summed E-state index contributed by atoms with van der Waals surface area (Å²) in [5.41, 5.74) is 4.74. The summed E-state index contributed by atoms with van der Waals surface area (Å²) in [6.45, 7) is 0. The summed E-state index contributed by atoms with van der Waals surface area (Å²) in [5.74, 6) is -0.214. The van der Waals surface area contributed by atoms with Crippen molar-refractivity contribution < 1.29 is 13.3 Å². The molecule has 0 amide bonds. The molecular weight excluding hydrogens is 359 g/mol. The number of allylic oxidation sites excluding steroid dienone is 4. The first-order chi connectivity index (χ1) is 13.0. The topological polar surface area (TPSA) is 26.3 Å². The molecule has 0 aromatic heterocycles. The van der Waals surface area contributed by atoms with Crippen LogP contribution in [0, 0.1) is 23.8 Å². The third kappa shape index (κ3) is 4.37. The monoisotopic (exact) mass is 380 g/mol. The Kier molecular flexibility index (Phi) is 5.62. The maximum absolute atomic E-state index is 13.2. The minimum absolute atomic E-state index is 0.200. The van der Waals surface area contributed by atoms with E-state index in [1.165, 1.54) is 43.2 Å². The maximum atomic E-state index is 13.2. The van der Waals surface area contributed by atoms with Crippen molar-refractivity contribution in [1.29, 1.82) is 0 Å². The number of hydrogen-bond acceptors (Lipinski definition) is 2. The van der Waals surface area contributed by atoms with Crippen molar-refractivity contribution in [3.05, 3.63) is 77.6 Å². The molecule has 1 unspecified atom stereocenters. The Morgan fingerprint density at radius 1 is 1.00 bits per heavy atom. The van der Waals surface area contributed by atoms with E-state index in [1.54, 1.807) is 6.26 Å². The van der Waals surface area contributed by atoms with E-state index in [1.807, 2.05) is 42.5 Å². The molecule has 2 aromatic carbocycles. The lowest BCUT2D eigenvalue weighted by atomic mass is 9.95. The third-order valence-corrected chi connectivity index (χ3v) is 5.69. The summed E-state index contributed by atoms with van der Waals surface area (Å²) in [6.07, 6.45) is 15.2. The van der Waals surface area contributed by atoms with Gasteiger partial charge in [0.15, 0.2) is 0 Å². The first kappa shape index (κ1) is 19.1. The largest absolute Gasteiger partial charge is 0.450 e. The average molecular weight is 380 g/mol. The number of hydrogen-bond donors (Lipinski definition) is 0. The Morgan fingerprint density at radius 3 is 1.81 bits per heavy atom. The first-order valence-corrected chi connectivity index (χ1v) is 10.2. The Balaban J connectivity index is 0.000000481. The molecule has 1 fully saturated rings. The summed E-state index contributed by atoms with van der Waals surface area (Å²) >= 11 is 0. The predicted molar refractivity (Wildman–Crippen MR) is 109 cm³/mol. The highest BCUT2D eigenvalue weighted by Gasteiger charge is 2.43. The minimum Gasteiger partial charge on any atom is -0.450 e. The summed E-state index contributed by atoms with van der Waals surface area (Å²) in [6, 6.07) is 14.6. The number of terminal acetylenes is 1. The predicted octanol–water partition coefficient (Wildman–Crippen LogP) is 5.05. The van der Waals surface area contributed by atoms with Crippen molar-refractivity contribution in [2.45, 2.75) is 17.7 Å². The molecule has 27 heavy (non-hydrogen) atoms. The number of halogens is 1. The quantitative estimate of drug-likeness (QED) is 0.697. The van der Waals surface area contributed by atoms with E-state index in [2.05, 4.69) is 23.3 Å². The summed E-state index contributed by atoms with van der Waals surface area (Å²) in [7, 11) is 0.480. The van der Waals surface area contributed by atoms with E-state index < -0.39 is 10.8 Å². The van der Waals surface area contributed by atoms with Crippen LogP contribution in [-0.4, -0.2) is 17.6 Å². The molecule has 2 aliphatic rings. The van der Waals surface area contributed by atoms with Crippen LogP contribution in [0.15, 0.2) is 65.6 Å². The highest BCUT2D eigenvalue weighted by molar-refractivity contribution is 7.84. The fourth-order valence-electron chi connectivity index (χ4n) is 3.14. The molecule has 2 aromatic rings. The molecule has 2 nitrogen and oxygen atoms in total. The molecule has 0 N–H and O–H groups in total. The van der Waals surface area contributed by atoms with Crippen LogP contribution in [-0.2, 0) is 15.5 Å². The van der Waals surface area contributed by atoms with Gasteiger partial charge in [-0.05, 0) is 59.4 Å². The van der Waals surface area contributed by atoms with Crippen LogP contribution in [0.2, 0.25) is 0 Å². The highest BCUT2D eigenvalue weighted by Crippen LogP contribution is 2.57. The molecule has 0 bridgehead atoms. The zero-order chi connectivity index (χ0) is 19.4. The van der Waals surface area contributed by atoms with Crippen LogP contribution in [0.25, 0.3) is 11.1 Å². The average Bonchev–Trinajstić information content (AvgIpc) is 3.33. The third-order valence-electron chi connectivity index (χ3n) is 4.75. The van der Waals surface area contributed by atoms with Gasteiger partial charge in [0.25, 0.3) is 0 Å². The van der Waals surface area contributed by atoms with Gasteiger partial charge >= 0.3 is 0 Å². The van der Waals surface area contributed by atoms with Crippen LogP contribution in [0.5, 0.6) is 0 Å². The number of ether oxygens (including phenoxy) is 1. The van der Waals surface area contributed by atoms with Gasteiger partial charge in [0.05, 0.1) is 7.11 Å². The van der Waals surface area contributed by atoms with E-state index in [0.29, 0.717) is 0 Å². The second-order valence-electron chi connectivity index (χ2n) is 6.66. The summed E-state index contributed by atoms with van der Waals surface area (Å²) in [4.78, 5) is 0.834. The lowest BCUT2D eigenvalue weighted by Gasteiger charge is -2.10. The second kappa shape index (κ2) is 7.94. The van der Waals surface area contributed by atoms with Crippen LogP contribution < -0.4 is 0 Å². The van der Waals surface area contributed by atoms with Crippen molar-refractivity contribution in [1.82, 2.24) is 0 Å². The number of methoxy groups -OCH3 is 1. The molecule has 138 valence electrons. The molecule has 4 rings (SSSR count). The van der Waals surface area contributed by atoms with Gasteiger partial charge in [-0.2, -0.15) is 0 Å². The molecule has 1 spiro atoms. The van der Waals surface area contributed by atoms with Gasteiger partial charge in [0, 0.05) is 27.4 Å². The molecule has 0 saturated heterocycles. The van der Waals surface area contributed by atoms with Crippen molar-refractivity contribution in [2.24, 2.45) is 5.41 Å².